The number of carbonyl (C=O) groups excluding carboxylic acids is 1. The molecule has 0 aliphatic carbocycles. The molecule has 4 heteroatoms. The molecule has 0 spiro atoms. The lowest BCUT2D eigenvalue weighted by Gasteiger charge is -2.20. The molecule has 0 aliphatic heterocycles. The first-order chi connectivity index (χ1) is 11.2. The highest BCUT2D eigenvalue weighted by Crippen LogP contribution is 2.13. The average molecular weight is 309 g/mol. The summed E-state index contributed by atoms with van der Waals surface area (Å²) >= 11 is 0. The van der Waals surface area contributed by atoms with Crippen LogP contribution < -0.4 is 10.3 Å². The number of benzene rings is 2. The first kappa shape index (κ1) is 16.7. The number of rotatable bonds is 7. The summed E-state index contributed by atoms with van der Waals surface area (Å²) in [5.41, 5.74) is 5.69. The van der Waals surface area contributed by atoms with Crippen molar-refractivity contribution in [3.8, 4) is 0 Å². The Morgan fingerprint density at radius 2 is 1.70 bits per heavy atom. The number of hydrogen-bond donors (Lipinski definition) is 1. The zero-order valence-electron chi connectivity index (χ0n) is 13.7. The molecule has 4 nitrogen and oxygen atoms in total. The van der Waals surface area contributed by atoms with E-state index >= 15 is 0 Å². The highest BCUT2D eigenvalue weighted by molar-refractivity contribution is 5.83. The van der Waals surface area contributed by atoms with Crippen molar-refractivity contribution in [2.75, 3.05) is 18.0 Å². The Labute approximate surface area is 137 Å². The fraction of sp³-hybridized carbons (Fsp3) is 0.263. The van der Waals surface area contributed by atoms with Gasteiger partial charge in [0.05, 0.1) is 12.6 Å². The second kappa shape index (κ2) is 8.73. The lowest BCUT2D eigenvalue weighted by Crippen LogP contribution is -2.21. The normalized spacial score (nSPS) is 10.7. The fourth-order valence-corrected chi connectivity index (χ4v) is 2.36. The van der Waals surface area contributed by atoms with Crippen LogP contribution in [-0.2, 0) is 11.2 Å². The van der Waals surface area contributed by atoms with Crippen LogP contribution in [0.1, 0.15) is 25.0 Å². The van der Waals surface area contributed by atoms with E-state index in [1.54, 1.807) is 6.21 Å². The molecule has 0 radical (unpaired) electrons. The van der Waals surface area contributed by atoms with Crippen molar-refractivity contribution in [2.45, 2.75) is 20.3 Å². The third kappa shape index (κ3) is 5.25. The van der Waals surface area contributed by atoms with Crippen molar-refractivity contribution < 1.29 is 4.79 Å². The van der Waals surface area contributed by atoms with Gasteiger partial charge in [-0.05, 0) is 37.1 Å². The van der Waals surface area contributed by atoms with Gasteiger partial charge < -0.3 is 4.90 Å². The number of nitrogens with one attached hydrogen (secondary N) is 1. The van der Waals surface area contributed by atoms with Gasteiger partial charge in [0.1, 0.15) is 0 Å². The SMILES string of the molecule is CCN(CC)c1ccc(C=NNC(=O)Cc2ccccc2)cc1. The summed E-state index contributed by atoms with van der Waals surface area (Å²) in [7, 11) is 0. The molecular formula is C19H23N3O. The van der Waals surface area contributed by atoms with E-state index in [-0.39, 0.29) is 5.91 Å². The van der Waals surface area contributed by atoms with Gasteiger partial charge in [-0.3, -0.25) is 4.79 Å². The van der Waals surface area contributed by atoms with Gasteiger partial charge in [0.2, 0.25) is 5.91 Å². The molecule has 0 atom stereocenters. The van der Waals surface area contributed by atoms with Gasteiger partial charge in [-0.1, -0.05) is 42.5 Å². The van der Waals surface area contributed by atoms with Crippen LogP contribution in [0, 0.1) is 0 Å². The Morgan fingerprint density at radius 3 is 2.30 bits per heavy atom. The zero-order valence-corrected chi connectivity index (χ0v) is 13.7. The molecule has 0 saturated heterocycles. The van der Waals surface area contributed by atoms with Gasteiger partial charge in [-0.2, -0.15) is 5.10 Å². The largest absolute Gasteiger partial charge is 0.372 e. The third-order valence-electron chi connectivity index (χ3n) is 3.63. The first-order valence-corrected chi connectivity index (χ1v) is 7.93. The quantitative estimate of drug-likeness (QED) is 0.630. The molecule has 120 valence electrons. The second-order valence-electron chi connectivity index (χ2n) is 5.22. The first-order valence-electron chi connectivity index (χ1n) is 7.93. The van der Waals surface area contributed by atoms with Crippen molar-refractivity contribution in [3.63, 3.8) is 0 Å². The molecular weight excluding hydrogens is 286 g/mol. The van der Waals surface area contributed by atoms with Crippen LogP contribution in [0.2, 0.25) is 0 Å². The molecule has 2 rings (SSSR count). The Bertz CT molecular complexity index is 631. The second-order valence-corrected chi connectivity index (χ2v) is 5.22. The van der Waals surface area contributed by atoms with Crippen LogP contribution >= 0.6 is 0 Å². The summed E-state index contributed by atoms with van der Waals surface area (Å²) in [5.74, 6) is -0.118. The van der Waals surface area contributed by atoms with E-state index in [0.29, 0.717) is 6.42 Å². The lowest BCUT2D eigenvalue weighted by molar-refractivity contribution is -0.120. The molecule has 0 aromatic heterocycles. The van der Waals surface area contributed by atoms with Crippen LogP contribution in [0.25, 0.3) is 0 Å². The molecule has 0 heterocycles. The molecule has 0 saturated carbocycles. The minimum atomic E-state index is -0.118. The van der Waals surface area contributed by atoms with E-state index in [2.05, 4.69) is 41.4 Å². The van der Waals surface area contributed by atoms with Crippen LogP contribution in [0.4, 0.5) is 5.69 Å². The van der Waals surface area contributed by atoms with Gasteiger partial charge in [0.25, 0.3) is 0 Å². The summed E-state index contributed by atoms with van der Waals surface area (Å²) in [6, 6.07) is 17.8. The number of carbonyl (C=O) groups is 1. The molecule has 0 unspecified atom stereocenters. The third-order valence-corrected chi connectivity index (χ3v) is 3.63. The molecule has 2 aromatic carbocycles. The topological polar surface area (TPSA) is 44.7 Å². The lowest BCUT2D eigenvalue weighted by atomic mass is 10.1. The van der Waals surface area contributed by atoms with Crippen LogP contribution in [0.15, 0.2) is 59.7 Å². The molecule has 0 aliphatic rings. The molecule has 1 amide bonds. The van der Waals surface area contributed by atoms with Gasteiger partial charge in [0.15, 0.2) is 0 Å². The van der Waals surface area contributed by atoms with Gasteiger partial charge in [-0.15, -0.1) is 0 Å². The maximum Gasteiger partial charge on any atom is 0.244 e. The standard InChI is InChI=1S/C19H23N3O/c1-3-22(4-2)18-12-10-17(11-13-18)15-20-21-19(23)14-16-8-6-5-7-9-16/h5-13,15H,3-4,14H2,1-2H3,(H,21,23). The van der Waals surface area contributed by atoms with Gasteiger partial charge in [-0.25, -0.2) is 5.43 Å². The monoisotopic (exact) mass is 309 g/mol. The predicted octanol–water partition coefficient (Wildman–Crippen LogP) is 3.23. The van der Waals surface area contributed by atoms with Crippen LogP contribution in [0.5, 0.6) is 0 Å². The summed E-state index contributed by atoms with van der Waals surface area (Å²) < 4.78 is 0. The molecule has 1 N–H and O–H groups in total. The minimum Gasteiger partial charge on any atom is -0.372 e. The van der Waals surface area contributed by atoms with Crippen molar-refractivity contribution in [1.29, 1.82) is 0 Å². The summed E-state index contributed by atoms with van der Waals surface area (Å²) in [4.78, 5) is 14.1. The van der Waals surface area contributed by atoms with Crippen molar-refractivity contribution >= 4 is 17.8 Å². The summed E-state index contributed by atoms with van der Waals surface area (Å²) in [6.45, 7) is 6.25. The Balaban J connectivity index is 1.86. The van der Waals surface area contributed by atoms with E-state index in [0.717, 1.165) is 24.2 Å². The van der Waals surface area contributed by atoms with Crippen LogP contribution in [-0.4, -0.2) is 25.2 Å². The Kier molecular flexibility index (Phi) is 6.36. The van der Waals surface area contributed by atoms with E-state index in [9.17, 15) is 4.79 Å². The predicted molar refractivity (Wildman–Crippen MR) is 95.9 cm³/mol. The number of anilines is 1. The number of amides is 1. The van der Waals surface area contributed by atoms with Crippen molar-refractivity contribution in [1.82, 2.24) is 5.43 Å². The van der Waals surface area contributed by atoms with Gasteiger partial charge >= 0.3 is 0 Å². The molecule has 0 fully saturated rings. The fourth-order valence-electron chi connectivity index (χ4n) is 2.36. The number of nitrogens with zero attached hydrogens (tertiary/aromatic N) is 2. The van der Waals surface area contributed by atoms with Crippen molar-refractivity contribution in [3.05, 3.63) is 65.7 Å². The summed E-state index contributed by atoms with van der Waals surface area (Å²) in [5, 5.41) is 4.01. The maximum absolute atomic E-state index is 11.8. The van der Waals surface area contributed by atoms with E-state index in [1.165, 1.54) is 5.69 Å². The minimum absolute atomic E-state index is 0.118. The maximum atomic E-state index is 11.8. The average Bonchev–Trinajstić information content (AvgIpc) is 2.58. The van der Waals surface area contributed by atoms with Crippen LogP contribution in [0.3, 0.4) is 0 Å². The molecule has 23 heavy (non-hydrogen) atoms. The number of hydrogen-bond acceptors (Lipinski definition) is 3. The molecule has 2 aromatic rings. The van der Waals surface area contributed by atoms with Crippen molar-refractivity contribution in [2.24, 2.45) is 5.10 Å². The highest BCUT2D eigenvalue weighted by Gasteiger charge is 2.02. The van der Waals surface area contributed by atoms with E-state index in [4.69, 9.17) is 0 Å². The highest BCUT2D eigenvalue weighted by atomic mass is 16.2. The smallest absolute Gasteiger partial charge is 0.244 e. The van der Waals surface area contributed by atoms with E-state index < -0.39 is 0 Å². The zero-order chi connectivity index (χ0) is 16.5. The van der Waals surface area contributed by atoms with E-state index in [1.807, 2.05) is 42.5 Å². The Morgan fingerprint density at radius 1 is 1.04 bits per heavy atom. The Hall–Kier alpha value is -2.62. The van der Waals surface area contributed by atoms with Gasteiger partial charge in [0, 0.05) is 18.8 Å². The summed E-state index contributed by atoms with van der Waals surface area (Å²) in [6.07, 6.45) is 1.99. The number of hydrazone groups is 1. The molecule has 0 bridgehead atoms.